The molecule has 2 heterocycles. The fraction of sp³-hybridized carbons (Fsp3) is 0.457. The predicted octanol–water partition coefficient (Wildman–Crippen LogP) is 3.37. The Morgan fingerprint density at radius 2 is 1.76 bits per heavy atom. The second kappa shape index (κ2) is 17.3. The van der Waals surface area contributed by atoms with E-state index < -0.39 is 34.1 Å². The van der Waals surface area contributed by atoms with Crippen molar-refractivity contribution in [3.63, 3.8) is 0 Å². The van der Waals surface area contributed by atoms with E-state index in [2.05, 4.69) is 20.7 Å². The van der Waals surface area contributed by atoms with Crippen LogP contribution in [-0.2, 0) is 27.8 Å². The van der Waals surface area contributed by atoms with Crippen LogP contribution in [0, 0.1) is 11.8 Å². The summed E-state index contributed by atoms with van der Waals surface area (Å²) in [5, 5.41) is 34.6. The molecule has 13 nitrogen and oxygen atoms in total. The molecule has 0 aliphatic carbocycles. The second-order valence-electron chi connectivity index (χ2n) is 12.8. The Bertz CT molecular complexity index is 1640. The predicted molar refractivity (Wildman–Crippen MR) is 185 cm³/mol. The lowest BCUT2D eigenvalue weighted by molar-refractivity contribution is -0.128. The summed E-state index contributed by atoms with van der Waals surface area (Å²) in [6.07, 6.45) is 2.33. The van der Waals surface area contributed by atoms with Gasteiger partial charge in [0.2, 0.25) is 15.9 Å². The van der Waals surface area contributed by atoms with Gasteiger partial charge in [-0.2, -0.15) is 14.5 Å². The van der Waals surface area contributed by atoms with E-state index in [4.69, 9.17) is 5.21 Å². The van der Waals surface area contributed by atoms with Crippen LogP contribution in [0.1, 0.15) is 50.9 Å². The number of carbonyl (C=O) groups excluding carboxylic acids is 2. The minimum atomic E-state index is -4.06. The second-order valence-corrected chi connectivity index (χ2v) is 14.8. The molecule has 1 fully saturated rings. The number of aromatic nitrogens is 2. The van der Waals surface area contributed by atoms with E-state index in [1.54, 1.807) is 28.1 Å². The van der Waals surface area contributed by atoms with Gasteiger partial charge in [-0.3, -0.25) is 4.79 Å². The van der Waals surface area contributed by atoms with E-state index >= 15 is 0 Å². The average molecular weight is 694 g/mol. The Hall–Kier alpha value is -4.40. The van der Waals surface area contributed by atoms with Crippen molar-refractivity contribution in [2.45, 2.75) is 70.2 Å². The first kappa shape index (κ1) is 37.4. The van der Waals surface area contributed by atoms with Crippen molar-refractivity contribution in [1.29, 1.82) is 0 Å². The van der Waals surface area contributed by atoms with Gasteiger partial charge in [0.05, 0.1) is 35.5 Å². The summed E-state index contributed by atoms with van der Waals surface area (Å²) in [4.78, 5) is 31.1. The van der Waals surface area contributed by atoms with Gasteiger partial charge in [-0.15, -0.1) is 0 Å². The number of urea groups is 1. The van der Waals surface area contributed by atoms with E-state index in [-0.39, 0.29) is 48.8 Å². The highest BCUT2D eigenvalue weighted by molar-refractivity contribution is 7.89. The number of aliphatic hydroxyl groups is 1. The molecule has 4 atom stereocenters. The van der Waals surface area contributed by atoms with Crippen LogP contribution in [0.25, 0.3) is 0 Å². The molecule has 2 aromatic carbocycles. The lowest BCUT2D eigenvalue weighted by Crippen LogP contribution is -2.57. The molecular weight excluding hydrogens is 646 g/mol. The molecule has 3 N–H and O–H groups in total. The summed E-state index contributed by atoms with van der Waals surface area (Å²) in [6, 6.07) is 16.8. The van der Waals surface area contributed by atoms with Crippen LogP contribution < -0.4 is 5.32 Å². The summed E-state index contributed by atoms with van der Waals surface area (Å²) < 4.78 is 29.0. The van der Waals surface area contributed by atoms with Crippen molar-refractivity contribution >= 4 is 28.2 Å². The highest BCUT2D eigenvalue weighted by Gasteiger charge is 2.41. The molecule has 1 aliphatic heterocycles. The molecule has 0 unspecified atom stereocenters. The number of aliphatic hydroxyl groups excluding tert-OH is 1. The number of oxime groups is 1. The molecule has 0 bridgehead atoms. The van der Waals surface area contributed by atoms with Gasteiger partial charge in [-0.25, -0.2) is 13.2 Å². The first-order valence-electron chi connectivity index (χ1n) is 16.6. The van der Waals surface area contributed by atoms with E-state index in [1.807, 2.05) is 58.0 Å². The molecule has 1 aromatic heterocycles. The van der Waals surface area contributed by atoms with Crippen LogP contribution in [0.4, 0.5) is 4.79 Å². The average Bonchev–Trinajstić information content (AvgIpc) is 3.43. The Kier molecular flexibility index (Phi) is 13.2. The third-order valence-corrected chi connectivity index (χ3v) is 10.5. The maximum absolute atomic E-state index is 14.2. The number of hydrogen-bond donors (Lipinski definition) is 3. The Morgan fingerprint density at radius 1 is 1.04 bits per heavy atom. The molecule has 14 heteroatoms. The molecule has 264 valence electrons. The SMILES string of the molecule is CC[C@H](C)[C@@H](C(=O)N[C@@H](Cc1ccccc1)[C@@H](O)CN(CC(C)C)S(=O)(=O)c1ccc(C=NO)cc1)N1CCN(Cc2cccnn2)C1=O. The highest BCUT2D eigenvalue weighted by Crippen LogP contribution is 2.24. The van der Waals surface area contributed by atoms with Crippen LogP contribution in [0.3, 0.4) is 0 Å². The first-order valence-corrected chi connectivity index (χ1v) is 18.0. The van der Waals surface area contributed by atoms with Gasteiger partial charge in [-0.05, 0) is 53.6 Å². The van der Waals surface area contributed by atoms with Gasteiger partial charge in [-0.1, -0.05) is 81.7 Å². The summed E-state index contributed by atoms with van der Waals surface area (Å²) in [6.45, 7) is 8.53. The zero-order valence-corrected chi connectivity index (χ0v) is 29.3. The van der Waals surface area contributed by atoms with Crippen molar-refractivity contribution in [1.82, 2.24) is 29.6 Å². The monoisotopic (exact) mass is 693 g/mol. The van der Waals surface area contributed by atoms with Crippen molar-refractivity contribution < 1.29 is 28.3 Å². The van der Waals surface area contributed by atoms with Crippen molar-refractivity contribution in [3.05, 3.63) is 89.7 Å². The zero-order valence-electron chi connectivity index (χ0n) is 28.5. The van der Waals surface area contributed by atoms with Crippen molar-refractivity contribution in [2.75, 3.05) is 26.2 Å². The number of nitrogens with one attached hydrogen (secondary N) is 1. The molecular formula is C35H47N7O6S. The Morgan fingerprint density at radius 3 is 2.37 bits per heavy atom. The standard InChI is InChI=1S/C35H47N7O6S/c1-5-26(4)33(42-19-18-40(35(42)45)23-29-12-9-17-36-39-29)34(44)38-31(20-27-10-7-6-8-11-27)32(43)24-41(22-25(2)3)49(47,48)30-15-13-28(14-16-30)21-37-46/h6-17,21,25-26,31-33,43,46H,5,18-20,22-24H2,1-4H3,(H,38,44)/t26-,31-,32-,33-/m0/s1. The summed E-state index contributed by atoms with van der Waals surface area (Å²) in [7, 11) is -4.06. The number of nitrogens with zero attached hydrogens (tertiary/aromatic N) is 6. The Balaban J connectivity index is 1.59. The van der Waals surface area contributed by atoms with Gasteiger partial charge in [0, 0.05) is 32.4 Å². The molecule has 3 aromatic rings. The van der Waals surface area contributed by atoms with E-state index in [0.29, 0.717) is 30.8 Å². The van der Waals surface area contributed by atoms with Crippen molar-refractivity contribution in [3.8, 4) is 0 Å². The quantitative estimate of drug-likeness (QED) is 0.110. The largest absolute Gasteiger partial charge is 0.411 e. The minimum Gasteiger partial charge on any atom is -0.411 e. The fourth-order valence-corrected chi connectivity index (χ4v) is 7.55. The maximum Gasteiger partial charge on any atom is 0.321 e. The third-order valence-electron chi connectivity index (χ3n) is 8.67. The number of benzene rings is 2. The number of hydrogen-bond acceptors (Lipinski definition) is 9. The lowest BCUT2D eigenvalue weighted by Gasteiger charge is -2.35. The van der Waals surface area contributed by atoms with Crippen LogP contribution in [0.2, 0.25) is 0 Å². The molecule has 0 spiro atoms. The molecule has 4 rings (SSSR count). The zero-order chi connectivity index (χ0) is 35.6. The Labute approximate surface area is 288 Å². The van der Waals surface area contributed by atoms with Gasteiger partial charge in [0.1, 0.15) is 6.04 Å². The van der Waals surface area contributed by atoms with E-state index in [9.17, 15) is 23.1 Å². The number of sulfonamides is 1. The summed E-state index contributed by atoms with van der Waals surface area (Å²) in [5.41, 5.74) is 2.01. The van der Waals surface area contributed by atoms with Crippen LogP contribution >= 0.6 is 0 Å². The van der Waals surface area contributed by atoms with Crippen molar-refractivity contribution in [2.24, 2.45) is 17.0 Å². The normalized spacial score (nSPS) is 16.3. The van der Waals surface area contributed by atoms with Crippen LogP contribution in [0.5, 0.6) is 0 Å². The third kappa shape index (κ3) is 9.83. The van der Waals surface area contributed by atoms with Crippen LogP contribution in [-0.4, -0.2) is 106 Å². The highest BCUT2D eigenvalue weighted by atomic mass is 32.2. The smallest absolute Gasteiger partial charge is 0.321 e. The van der Waals surface area contributed by atoms with Gasteiger partial charge in [0.15, 0.2) is 0 Å². The van der Waals surface area contributed by atoms with Gasteiger partial charge >= 0.3 is 6.03 Å². The minimum absolute atomic E-state index is 0.0227. The van der Waals surface area contributed by atoms with E-state index in [0.717, 1.165) is 5.56 Å². The number of carbonyl (C=O) groups is 2. The summed E-state index contributed by atoms with van der Waals surface area (Å²) in [5.74, 6) is -0.680. The van der Waals surface area contributed by atoms with E-state index in [1.165, 1.54) is 34.8 Å². The number of amides is 3. The van der Waals surface area contributed by atoms with Crippen LogP contribution in [0.15, 0.2) is 83.0 Å². The topological polar surface area (TPSA) is 169 Å². The fourth-order valence-electron chi connectivity index (χ4n) is 5.92. The first-order chi connectivity index (χ1) is 23.4. The van der Waals surface area contributed by atoms with Gasteiger partial charge in [0.25, 0.3) is 0 Å². The molecule has 1 saturated heterocycles. The molecule has 0 saturated carbocycles. The maximum atomic E-state index is 14.2. The molecule has 0 radical (unpaired) electrons. The molecule has 3 amide bonds. The van der Waals surface area contributed by atoms with Gasteiger partial charge < -0.3 is 25.4 Å². The molecule has 49 heavy (non-hydrogen) atoms. The summed E-state index contributed by atoms with van der Waals surface area (Å²) >= 11 is 0. The number of rotatable bonds is 17. The molecule has 1 aliphatic rings. The lowest BCUT2D eigenvalue weighted by atomic mass is 9.95.